The summed E-state index contributed by atoms with van der Waals surface area (Å²) in [6, 6.07) is 7.42. The summed E-state index contributed by atoms with van der Waals surface area (Å²) in [6.07, 6.45) is 4.06. The van der Waals surface area contributed by atoms with E-state index < -0.39 is 0 Å². The van der Waals surface area contributed by atoms with Gasteiger partial charge in [-0.05, 0) is 55.3 Å². The van der Waals surface area contributed by atoms with Gasteiger partial charge in [0.1, 0.15) is 0 Å². The van der Waals surface area contributed by atoms with Gasteiger partial charge in [-0.1, -0.05) is 18.2 Å². The Kier molecular flexibility index (Phi) is 1.88. The minimum atomic E-state index is 0.667. The Balaban J connectivity index is 2.06. The third-order valence-corrected chi connectivity index (χ3v) is 3.79. The van der Waals surface area contributed by atoms with E-state index in [1.807, 2.05) is 0 Å². The first-order valence-corrected chi connectivity index (χ1v) is 5.68. The van der Waals surface area contributed by atoms with Crippen molar-refractivity contribution in [3.63, 3.8) is 0 Å². The van der Waals surface area contributed by atoms with Gasteiger partial charge >= 0.3 is 0 Å². The van der Waals surface area contributed by atoms with Gasteiger partial charge in [0.15, 0.2) is 0 Å². The molecule has 1 nitrogen and oxygen atoms in total. The zero-order valence-corrected chi connectivity index (χ0v) is 8.72. The number of aryl methyl sites for hydroxylation is 1. The van der Waals surface area contributed by atoms with Crippen LogP contribution >= 0.6 is 0 Å². The van der Waals surface area contributed by atoms with Gasteiger partial charge in [-0.2, -0.15) is 0 Å². The number of hydrogen-bond donors (Lipinski definition) is 1. The van der Waals surface area contributed by atoms with Gasteiger partial charge in [0.05, 0.1) is 0 Å². The molecule has 1 aromatic rings. The second-order valence-corrected chi connectivity index (χ2v) is 4.69. The lowest BCUT2D eigenvalue weighted by Crippen LogP contribution is -2.31. The van der Waals surface area contributed by atoms with Crippen LogP contribution in [0.25, 0.3) is 0 Å². The molecule has 3 rings (SSSR count). The molecule has 74 valence electrons. The van der Waals surface area contributed by atoms with E-state index in [0.29, 0.717) is 6.04 Å². The lowest BCUT2D eigenvalue weighted by Gasteiger charge is -2.27. The normalized spacial score (nSPS) is 29.8. The maximum absolute atomic E-state index is 3.68. The minimum Gasteiger partial charge on any atom is -0.310 e. The maximum atomic E-state index is 3.68. The van der Waals surface area contributed by atoms with E-state index in [-0.39, 0.29) is 0 Å². The number of fused-ring (bicyclic) bond motifs is 3. The Morgan fingerprint density at radius 2 is 2.29 bits per heavy atom. The topological polar surface area (TPSA) is 12.0 Å². The molecule has 0 saturated carbocycles. The van der Waals surface area contributed by atoms with E-state index in [1.54, 1.807) is 11.1 Å². The van der Waals surface area contributed by atoms with Crippen LogP contribution in [0.2, 0.25) is 0 Å². The molecule has 1 N–H and O–H groups in total. The summed E-state index contributed by atoms with van der Waals surface area (Å²) in [7, 11) is 0. The maximum Gasteiger partial charge on any atom is 0.0357 e. The second kappa shape index (κ2) is 3.09. The van der Waals surface area contributed by atoms with Crippen molar-refractivity contribution in [3.8, 4) is 0 Å². The summed E-state index contributed by atoms with van der Waals surface area (Å²) >= 11 is 0. The van der Waals surface area contributed by atoms with Crippen LogP contribution in [-0.4, -0.2) is 6.54 Å². The van der Waals surface area contributed by atoms with Crippen molar-refractivity contribution < 1.29 is 0 Å². The van der Waals surface area contributed by atoms with Gasteiger partial charge in [0.2, 0.25) is 0 Å². The fourth-order valence-electron chi connectivity index (χ4n) is 3.16. The summed E-state index contributed by atoms with van der Waals surface area (Å²) in [5.41, 5.74) is 4.68. The van der Waals surface area contributed by atoms with E-state index in [1.165, 1.54) is 31.4 Å². The van der Waals surface area contributed by atoms with E-state index in [0.717, 1.165) is 5.92 Å². The molecular formula is C13H17N. The Morgan fingerprint density at radius 1 is 1.36 bits per heavy atom. The van der Waals surface area contributed by atoms with Crippen molar-refractivity contribution >= 4 is 0 Å². The second-order valence-electron chi connectivity index (χ2n) is 4.69. The quantitative estimate of drug-likeness (QED) is 0.658. The van der Waals surface area contributed by atoms with E-state index in [9.17, 15) is 0 Å². The summed E-state index contributed by atoms with van der Waals surface area (Å²) in [4.78, 5) is 0. The van der Waals surface area contributed by atoms with Crippen molar-refractivity contribution in [2.45, 2.75) is 32.2 Å². The average molecular weight is 187 g/mol. The monoisotopic (exact) mass is 187 g/mol. The highest BCUT2D eigenvalue weighted by molar-refractivity contribution is 5.41. The molecule has 1 aliphatic heterocycles. The lowest BCUT2D eigenvalue weighted by molar-refractivity contribution is 0.306. The molecule has 0 aromatic heterocycles. The largest absolute Gasteiger partial charge is 0.310 e. The van der Waals surface area contributed by atoms with Crippen LogP contribution in [0, 0.1) is 12.8 Å². The third-order valence-electron chi connectivity index (χ3n) is 3.79. The van der Waals surface area contributed by atoms with E-state index in [2.05, 4.69) is 30.4 Å². The molecule has 1 aromatic carbocycles. The van der Waals surface area contributed by atoms with Gasteiger partial charge < -0.3 is 5.32 Å². The smallest absolute Gasteiger partial charge is 0.0357 e. The van der Waals surface area contributed by atoms with Crippen LogP contribution in [0.3, 0.4) is 0 Å². The average Bonchev–Trinajstić information content (AvgIpc) is 2.57. The Morgan fingerprint density at radius 3 is 3.21 bits per heavy atom. The number of nitrogens with one attached hydrogen (secondary N) is 1. The molecule has 1 fully saturated rings. The fourth-order valence-corrected chi connectivity index (χ4v) is 3.16. The Bertz CT molecular complexity index is 356. The first-order valence-electron chi connectivity index (χ1n) is 5.68. The number of piperidine rings is 1. The van der Waals surface area contributed by atoms with Gasteiger partial charge in [-0.15, -0.1) is 0 Å². The fraction of sp³-hybridized carbons (Fsp3) is 0.538. The number of benzene rings is 1. The highest BCUT2D eigenvalue weighted by atomic mass is 14.9. The molecule has 1 saturated heterocycles. The molecule has 1 heteroatoms. The highest BCUT2D eigenvalue weighted by Crippen LogP contribution is 2.41. The van der Waals surface area contributed by atoms with Crippen LogP contribution in [0.4, 0.5) is 0 Å². The SMILES string of the molecule is Cc1cccc2c1C1NCCCC1C2. The minimum absolute atomic E-state index is 0.667. The van der Waals surface area contributed by atoms with Crippen LogP contribution < -0.4 is 5.32 Å². The first-order chi connectivity index (χ1) is 6.86. The molecular weight excluding hydrogens is 170 g/mol. The van der Waals surface area contributed by atoms with Gasteiger partial charge in [-0.3, -0.25) is 0 Å². The van der Waals surface area contributed by atoms with Crippen LogP contribution in [0.1, 0.15) is 35.6 Å². The molecule has 1 aliphatic carbocycles. The standard InChI is InChI=1S/C13H17N/c1-9-4-2-5-10-8-11-6-3-7-14-13(11)12(9)10/h2,4-5,11,13-14H,3,6-8H2,1H3. The van der Waals surface area contributed by atoms with Crippen molar-refractivity contribution in [3.05, 3.63) is 34.9 Å². The molecule has 14 heavy (non-hydrogen) atoms. The molecule has 2 atom stereocenters. The van der Waals surface area contributed by atoms with E-state index >= 15 is 0 Å². The van der Waals surface area contributed by atoms with Crippen LogP contribution in [0.5, 0.6) is 0 Å². The van der Waals surface area contributed by atoms with Crippen molar-refractivity contribution in [1.82, 2.24) is 5.32 Å². The van der Waals surface area contributed by atoms with Gasteiger partial charge in [-0.25, -0.2) is 0 Å². The summed E-state index contributed by atoms with van der Waals surface area (Å²) in [5, 5.41) is 3.68. The zero-order valence-electron chi connectivity index (χ0n) is 8.72. The van der Waals surface area contributed by atoms with Crippen LogP contribution in [-0.2, 0) is 6.42 Å². The summed E-state index contributed by atoms with van der Waals surface area (Å²) in [6.45, 7) is 3.45. The Labute approximate surface area is 85.5 Å². The van der Waals surface area contributed by atoms with Gasteiger partial charge in [0, 0.05) is 6.04 Å². The zero-order chi connectivity index (χ0) is 9.54. The lowest BCUT2D eigenvalue weighted by atomic mass is 9.91. The molecule has 2 unspecified atom stereocenters. The van der Waals surface area contributed by atoms with Gasteiger partial charge in [0.25, 0.3) is 0 Å². The third kappa shape index (κ3) is 1.12. The van der Waals surface area contributed by atoms with Crippen molar-refractivity contribution in [1.29, 1.82) is 0 Å². The Hall–Kier alpha value is -0.820. The molecule has 0 bridgehead atoms. The van der Waals surface area contributed by atoms with Crippen molar-refractivity contribution in [2.75, 3.05) is 6.54 Å². The predicted octanol–water partition coefficient (Wildman–Crippen LogP) is 2.59. The van der Waals surface area contributed by atoms with Crippen LogP contribution in [0.15, 0.2) is 18.2 Å². The molecule has 1 heterocycles. The molecule has 0 amide bonds. The van der Waals surface area contributed by atoms with E-state index in [4.69, 9.17) is 0 Å². The summed E-state index contributed by atoms with van der Waals surface area (Å²) < 4.78 is 0. The first kappa shape index (κ1) is 8.49. The molecule has 0 radical (unpaired) electrons. The van der Waals surface area contributed by atoms with Crippen molar-refractivity contribution in [2.24, 2.45) is 5.92 Å². The summed E-state index contributed by atoms with van der Waals surface area (Å²) in [5.74, 6) is 0.875. The number of rotatable bonds is 0. The predicted molar refractivity (Wildman–Crippen MR) is 58.4 cm³/mol. The molecule has 2 aliphatic rings. The molecule has 0 spiro atoms. The number of hydrogen-bond acceptors (Lipinski definition) is 1. The highest BCUT2D eigenvalue weighted by Gasteiger charge is 2.34.